The number of allylic oxidation sites excluding steroid dienone is 6. The summed E-state index contributed by atoms with van der Waals surface area (Å²) in [7, 11) is 6.38. The second-order valence-electron chi connectivity index (χ2n) is 9.15. The van der Waals surface area contributed by atoms with E-state index in [1.165, 1.54) is 19.3 Å². The van der Waals surface area contributed by atoms with E-state index in [1.54, 1.807) is 46.7 Å². The summed E-state index contributed by atoms with van der Waals surface area (Å²) >= 11 is 0. The zero-order valence-corrected chi connectivity index (χ0v) is 21.8. The molecule has 1 saturated carbocycles. The van der Waals surface area contributed by atoms with E-state index in [0.717, 1.165) is 18.4 Å². The Kier molecular flexibility index (Phi) is 10.3. The van der Waals surface area contributed by atoms with E-state index in [4.69, 9.17) is 18.9 Å². The zero-order valence-electron chi connectivity index (χ0n) is 21.8. The Labute approximate surface area is 214 Å². The molecule has 194 valence electrons. The Hall–Kier alpha value is -3.41. The first-order valence-corrected chi connectivity index (χ1v) is 12.5. The van der Waals surface area contributed by atoms with Crippen LogP contribution >= 0.6 is 0 Å². The molecule has 1 aromatic carbocycles. The van der Waals surface area contributed by atoms with E-state index in [1.807, 2.05) is 36.4 Å². The third-order valence-corrected chi connectivity index (χ3v) is 6.78. The molecule has 1 fully saturated rings. The predicted octanol–water partition coefficient (Wildman–Crippen LogP) is 6.71. The molecule has 6 heteroatoms. The zero-order chi connectivity index (χ0) is 25.9. The van der Waals surface area contributed by atoms with Gasteiger partial charge < -0.3 is 24.1 Å². The number of hydrogen-bond acceptors (Lipinski definition) is 6. The smallest absolute Gasteiger partial charge is 0.185 e. The van der Waals surface area contributed by atoms with E-state index < -0.39 is 0 Å². The molecule has 1 aromatic rings. The van der Waals surface area contributed by atoms with Crippen molar-refractivity contribution in [3.8, 4) is 11.5 Å². The first kappa shape index (κ1) is 27.2. The molecule has 0 spiro atoms. The van der Waals surface area contributed by atoms with E-state index in [-0.39, 0.29) is 17.5 Å². The number of carbonyl (C=O) groups is 1. The lowest BCUT2D eigenvalue weighted by atomic mass is 9.83. The molecule has 0 bridgehead atoms. The van der Waals surface area contributed by atoms with Crippen molar-refractivity contribution in [2.45, 2.75) is 44.9 Å². The van der Waals surface area contributed by atoms with Crippen molar-refractivity contribution in [2.75, 3.05) is 28.4 Å². The van der Waals surface area contributed by atoms with Gasteiger partial charge in [-0.2, -0.15) is 0 Å². The number of aliphatic hydroxyl groups excluding tert-OH is 1. The lowest BCUT2D eigenvalue weighted by Gasteiger charge is -2.22. The van der Waals surface area contributed by atoms with Gasteiger partial charge >= 0.3 is 0 Å². The Morgan fingerprint density at radius 1 is 0.944 bits per heavy atom. The SMILES string of the molecule is COC1=CCC(/C=C/C(=O)C(CC2CCCCC2)=C(O)/C=C/c2ccc(OC)c(OC)c2)C=C1OC. The molecule has 0 radical (unpaired) electrons. The molecule has 0 heterocycles. The predicted molar refractivity (Wildman–Crippen MR) is 142 cm³/mol. The summed E-state index contributed by atoms with van der Waals surface area (Å²) in [6.07, 6.45) is 17.8. The third kappa shape index (κ3) is 7.30. The Morgan fingerprint density at radius 2 is 1.67 bits per heavy atom. The highest BCUT2D eigenvalue weighted by Crippen LogP contribution is 2.32. The van der Waals surface area contributed by atoms with Crippen LogP contribution in [0, 0.1) is 11.8 Å². The summed E-state index contributed by atoms with van der Waals surface area (Å²) in [5, 5.41) is 11.0. The molecule has 36 heavy (non-hydrogen) atoms. The highest BCUT2D eigenvalue weighted by molar-refractivity contribution is 6.04. The number of benzene rings is 1. The highest BCUT2D eigenvalue weighted by Gasteiger charge is 2.21. The van der Waals surface area contributed by atoms with Gasteiger partial charge in [0.05, 0.1) is 28.4 Å². The normalized spacial score (nSPS) is 19.5. The average molecular weight is 495 g/mol. The molecular weight excluding hydrogens is 456 g/mol. The molecule has 1 atom stereocenters. The number of ether oxygens (including phenoxy) is 4. The highest BCUT2D eigenvalue weighted by atomic mass is 16.5. The van der Waals surface area contributed by atoms with Crippen LogP contribution in [0.4, 0.5) is 0 Å². The minimum Gasteiger partial charge on any atom is -0.508 e. The molecule has 2 aliphatic carbocycles. The van der Waals surface area contributed by atoms with Gasteiger partial charge in [0.1, 0.15) is 5.76 Å². The maximum absolute atomic E-state index is 13.3. The van der Waals surface area contributed by atoms with Gasteiger partial charge in [-0.05, 0) is 60.8 Å². The summed E-state index contributed by atoms with van der Waals surface area (Å²) < 4.78 is 21.4. The van der Waals surface area contributed by atoms with E-state index >= 15 is 0 Å². The lowest BCUT2D eigenvalue weighted by molar-refractivity contribution is -0.111. The van der Waals surface area contributed by atoms with Crippen LogP contribution in [0.25, 0.3) is 6.08 Å². The fourth-order valence-electron chi connectivity index (χ4n) is 4.73. The first-order chi connectivity index (χ1) is 17.5. The van der Waals surface area contributed by atoms with Crippen LogP contribution < -0.4 is 9.47 Å². The molecule has 0 aliphatic heterocycles. The van der Waals surface area contributed by atoms with Crippen molar-refractivity contribution >= 4 is 11.9 Å². The molecule has 3 rings (SSSR count). The van der Waals surface area contributed by atoms with E-state index in [9.17, 15) is 9.90 Å². The molecule has 1 N–H and O–H groups in total. The Morgan fingerprint density at radius 3 is 2.33 bits per heavy atom. The summed E-state index contributed by atoms with van der Waals surface area (Å²) in [4.78, 5) is 13.3. The van der Waals surface area contributed by atoms with Crippen LogP contribution in [0.15, 0.2) is 71.4 Å². The summed E-state index contributed by atoms with van der Waals surface area (Å²) in [5.41, 5.74) is 1.29. The fourth-order valence-corrected chi connectivity index (χ4v) is 4.73. The second-order valence-corrected chi connectivity index (χ2v) is 9.15. The maximum atomic E-state index is 13.3. The lowest BCUT2D eigenvalue weighted by Crippen LogP contribution is -2.13. The Bertz CT molecular complexity index is 1050. The molecular formula is C30H38O6. The monoisotopic (exact) mass is 494 g/mol. The largest absolute Gasteiger partial charge is 0.508 e. The van der Waals surface area contributed by atoms with Crippen LogP contribution in [-0.4, -0.2) is 39.3 Å². The van der Waals surface area contributed by atoms with Crippen molar-refractivity contribution in [2.24, 2.45) is 11.8 Å². The molecule has 2 aliphatic rings. The van der Waals surface area contributed by atoms with Gasteiger partial charge in [-0.3, -0.25) is 4.79 Å². The van der Waals surface area contributed by atoms with Crippen LogP contribution in [0.2, 0.25) is 0 Å². The molecule has 0 aromatic heterocycles. The molecule has 0 saturated heterocycles. The standard InChI is InChI=1S/C30H38O6/c1-33-27-16-12-22(19-29(27)35-3)10-14-25(31)24(18-21-8-6-5-7-9-21)26(32)15-11-23-13-17-28(34-2)30(20-23)36-4/h10-12,14-17,19-21,23,31H,5-9,13,18H2,1-4H3/b14-10+,15-11+,25-24?. The summed E-state index contributed by atoms with van der Waals surface area (Å²) in [5.74, 6) is 2.86. The van der Waals surface area contributed by atoms with Gasteiger partial charge in [0, 0.05) is 11.5 Å². The number of aliphatic hydroxyl groups is 1. The molecule has 1 unspecified atom stereocenters. The topological polar surface area (TPSA) is 74.2 Å². The number of carbonyl (C=O) groups excluding carboxylic acids is 1. The van der Waals surface area contributed by atoms with E-state index in [0.29, 0.717) is 47.4 Å². The van der Waals surface area contributed by atoms with Gasteiger partial charge in [-0.15, -0.1) is 0 Å². The van der Waals surface area contributed by atoms with Gasteiger partial charge in [0.2, 0.25) is 0 Å². The van der Waals surface area contributed by atoms with Crippen molar-refractivity contribution in [3.63, 3.8) is 0 Å². The van der Waals surface area contributed by atoms with E-state index in [2.05, 4.69) is 0 Å². The van der Waals surface area contributed by atoms with Gasteiger partial charge in [-0.1, -0.05) is 50.3 Å². The summed E-state index contributed by atoms with van der Waals surface area (Å²) in [6, 6.07) is 5.51. The second kappa shape index (κ2) is 13.6. The van der Waals surface area contributed by atoms with Crippen LogP contribution in [0.5, 0.6) is 11.5 Å². The van der Waals surface area contributed by atoms with Crippen molar-refractivity contribution in [3.05, 3.63) is 77.0 Å². The van der Waals surface area contributed by atoms with Gasteiger partial charge in [0.25, 0.3) is 0 Å². The maximum Gasteiger partial charge on any atom is 0.185 e. The minimum absolute atomic E-state index is 0.00309. The number of methoxy groups -OCH3 is 4. The number of hydrogen-bond donors (Lipinski definition) is 1. The van der Waals surface area contributed by atoms with Crippen LogP contribution in [0.1, 0.15) is 50.5 Å². The number of ketones is 1. The van der Waals surface area contributed by atoms with Crippen LogP contribution in [0.3, 0.4) is 0 Å². The first-order valence-electron chi connectivity index (χ1n) is 12.5. The van der Waals surface area contributed by atoms with Gasteiger partial charge in [-0.25, -0.2) is 0 Å². The summed E-state index contributed by atoms with van der Waals surface area (Å²) in [6.45, 7) is 0. The minimum atomic E-state index is -0.163. The van der Waals surface area contributed by atoms with Crippen molar-refractivity contribution in [1.29, 1.82) is 0 Å². The average Bonchev–Trinajstić information content (AvgIpc) is 2.93. The number of rotatable bonds is 11. The van der Waals surface area contributed by atoms with Crippen LogP contribution in [-0.2, 0) is 14.3 Å². The molecule has 6 nitrogen and oxygen atoms in total. The van der Waals surface area contributed by atoms with Crippen molar-refractivity contribution < 1.29 is 28.8 Å². The Balaban J connectivity index is 1.82. The fraction of sp³-hybridized carbons (Fsp3) is 0.433. The third-order valence-electron chi connectivity index (χ3n) is 6.78. The molecule has 0 amide bonds. The quantitative estimate of drug-likeness (QED) is 0.209. The van der Waals surface area contributed by atoms with Gasteiger partial charge in [0.15, 0.2) is 28.8 Å². The van der Waals surface area contributed by atoms with Crippen molar-refractivity contribution in [1.82, 2.24) is 0 Å².